The van der Waals surface area contributed by atoms with Gasteiger partial charge in [-0.3, -0.25) is 4.99 Å². The van der Waals surface area contributed by atoms with Crippen molar-refractivity contribution < 1.29 is 9.47 Å². The topological polar surface area (TPSA) is 46.1 Å². The number of guanidine groups is 1. The summed E-state index contributed by atoms with van der Waals surface area (Å²) in [7, 11) is 0. The molecule has 0 amide bonds. The lowest BCUT2D eigenvalue weighted by atomic mass is 10.1. The van der Waals surface area contributed by atoms with E-state index in [0.29, 0.717) is 12.2 Å². The molecule has 2 saturated heterocycles. The molecule has 2 fully saturated rings. The first kappa shape index (κ1) is 25.7. The number of rotatable bonds is 8. The largest absolute Gasteiger partial charge is 0.376 e. The van der Waals surface area contributed by atoms with Crippen LogP contribution in [0.4, 0.5) is 0 Å². The Labute approximate surface area is 204 Å². The first-order valence-corrected chi connectivity index (χ1v) is 11.6. The van der Waals surface area contributed by atoms with Crippen molar-refractivity contribution in [1.82, 2.24) is 10.2 Å². The maximum Gasteiger partial charge on any atom is 0.193 e. The zero-order chi connectivity index (χ0) is 20.3. The third-order valence-corrected chi connectivity index (χ3v) is 5.92. The van der Waals surface area contributed by atoms with Crippen LogP contribution in [0.1, 0.15) is 51.0 Å². The van der Waals surface area contributed by atoms with Gasteiger partial charge in [0.1, 0.15) is 0 Å². The molecule has 5 nitrogen and oxygen atoms in total. The number of aryl methyl sites for hydroxylation is 1. The van der Waals surface area contributed by atoms with Gasteiger partial charge in [-0.05, 0) is 69.6 Å². The third-order valence-electron chi connectivity index (χ3n) is 5.67. The predicted octanol–water partition coefficient (Wildman–Crippen LogP) is 4.91. The molecule has 3 rings (SSSR count). The van der Waals surface area contributed by atoms with E-state index in [1.54, 1.807) is 0 Å². The Hall–Kier alpha value is -0.570. The Balaban J connectivity index is 0.00000320. The Morgan fingerprint density at radius 1 is 1.20 bits per heavy atom. The summed E-state index contributed by atoms with van der Waals surface area (Å²) in [6.07, 6.45) is 8.45. The Morgan fingerprint density at radius 2 is 1.97 bits per heavy atom. The van der Waals surface area contributed by atoms with Crippen molar-refractivity contribution in [2.75, 3.05) is 39.4 Å². The Kier molecular flexibility index (Phi) is 12.4. The molecule has 0 aliphatic carbocycles. The van der Waals surface area contributed by atoms with E-state index < -0.39 is 0 Å². The van der Waals surface area contributed by atoms with E-state index in [-0.39, 0.29) is 24.0 Å². The molecule has 0 radical (unpaired) electrons. The molecule has 0 saturated carbocycles. The van der Waals surface area contributed by atoms with Crippen LogP contribution in [-0.4, -0.2) is 62.5 Å². The number of likely N-dealkylation sites (tertiary alicyclic amines) is 1. The monoisotopic (exact) mass is 549 g/mol. The van der Waals surface area contributed by atoms with Gasteiger partial charge in [0, 0.05) is 37.8 Å². The molecule has 1 N–H and O–H groups in total. The van der Waals surface area contributed by atoms with Gasteiger partial charge in [-0.2, -0.15) is 0 Å². The van der Waals surface area contributed by atoms with Gasteiger partial charge < -0.3 is 19.7 Å². The predicted molar refractivity (Wildman–Crippen MR) is 135 cm³/mol. The fourth-order valence-corrected chi connectivity index (χ4v) is 4.09. The van der Waals surface area contributed by atoms with Crippen molar-refractivity contribution in [3.63, 3.8) is 0 Å². The van der Waals surface area contributed by atoms with E-state index in [1.165, 1.54) is 18.4 Å². The highest BCUT2D eigenvalue weighted by molar-refractivity contribution is 14.0. The van der Waals surface area contributed by atoms with Crippen LogP contribution in [0, 0.1) is 0 Å². The summed E-state index contributed by atoms with van der Waals surface area (Å²) in [6.45, 7) is 7.50. The van der Waals surface area contributed by atoms with Crippen molar-refractivity contribution in [3.8, 4) is 0 Å². The van der Waals surface area contributed by atoms with Crippen LogP contribution in [0.2, 0.25) is 5.02 Å². The normalized spacial score (nSPS) is 20.7. The lowest BCUT2D eigenvalue weighted by Crippen LogP contribution is -2.47. The standard InChI is InChI=1S/C23H36ClN3O2.HI/c1-2-25-23(26-14-5-6-19-8-10-20(24)11-9-19)27-15-12-21(13-16-27)29-18-22-7-3-4-17-28-22;/h8-11,21-22H,2-7,12-18H2,1H3,(H,25,26);1H. The molecule has 1 aromatic rings. The molecule has 0 spiro atoms. The molecule has 1 unspecified atom stereocenters. The lowest BCUT2D eigenvalue weighted by molar-refractivity contribution is -0.0721. The number of nitrogens with zero attached hydrogens (tertiary/aromatic N) is 2. The SMILES string of the molecule is CCNC(=NCCCc1ccc(Cl)cc1)N1CCC(OCC2CCCCO2)CC1.I. The molecule has 0 bridgehead atoms. The van der Waals surface area contributed by atoms with Crippen LogP contribution in [0.25, 0.3) is 0 Å². The van der Waals surface area contributed by atoms with Crippen LogP contribution >= 0.6 is 35.6 Å². The van der Waals surface area contributed by atoms with Crippen LogP contribution in [-0.2, 0) is 15.9 Å². The molecule has 2 heterocycles. The highest BCUT2D eigenvalue weighted by atomic mass is 127. The van der Waals surface area contributed by atoms with Gasteiger partial charge in [0.05, 0.1) is 18.8 Å². The quantitative estimate of drug-likeness (QED) is 0.217. The van der Waals surface area contributed by atoms with Crippen molar-refractivity contribution in [2.45, 2.75) is 64.1 Å². The number of benzene rings is 1. The maximum atomic E-state index is 6.15. The van der Waals surface area contributed by atoms with Gasteiger partial charge >= 0.3 is 0 Å². The van der Waals surface area contributed by atoms with E-state index >= 15 is 0 Å². The third kappa shape index (κ3) is 8.89. The highest BCUT2D eigenvalue weighted by Crippen LogP contribution is 2.18. The highest BCUT2D eigenvalue weighted by Gasteiger charge is 2.23. The van der Waals surface area contributed by atoms with Gasteiger partial charge in [0.25, 0.3) is 0 Å². The number of halogens is 2. The molecule has 1 aromatic carbocycles. The molecule has 2 aliphatic heterocycles. The fraction of sp³-hybridized carbons (Fsp3) is 0.696. The van der Waals surface area contributed by atoms with Crippen molar-refractivity contribution in [2.24, 2.45) is 4.99 Å². The first-order valence-electron chi connectivity index (χ1n) is 11.3. The van der Waals surface area contributed by atoms with Crippen molar-refractivity contribution in [3.05, 3.63) is 34.9 Å². The molecular weight excluding hydrogens is 513 g/mol. The van der Waals surface area contributed by atoms with E-state index in [2.05, 4.69) is 29.3 Å². The molecule has 1 atom stereocenters. The second-order valence-corrected chi connectivity index (χ2v) is 8.41. The number of ether oxygens (including phenoxy) is 2. The van der Waals surface area contributed by atoms with Crippen LogP contribution in [0.15, 0.2) is 29.3 Å². The van der Waals surface area contributed by atoms with Crippen LogP contribution in [0.5, 0.6) is 0 Å². The van der Waals surface area contributed by atoms with Crippen molar-refractivity contribution in [1.29, 1.82) is 0 Å². The number of hydrogen-bond donors (Lipinski definition) is 1. The summed E-state index contributed by atoms with van der Waals surface area (Å²) in [6, 6.07) is 8.11. The van der Waals surface area contributed by atoms with E-state index in [4.69, 9.17) is 26.1 Å². The zero-order valence-corrected chi connectivity index (χ0v) is 21.2. The van der Waals surface area contributed by atoms with Gasteiger partial charge in [0.2, 0.25) is 0 Å². The zero-order valence-electron chi connectivity index (χ0n) is 18.2. The summed E-state index contributed by atoms with van der Waals surface area (Å²) in [5.74, 6) is 1.04. The molecule has 30 heavy (non-hydrogen) atoms. The molecule has 0 aromatic heterocycles. The Morgan fingerprint density at radius 3 is 2.63 bits per heavy atom. The first-order chi connectivity index (χ1) is 14.2. The summed E-state index contributed by atoms with van der Waals surface area (Å²) < 4.78 is 11.9. The summed E-state index contributed by atoms with van der Waals surface area (Å²) in [5, 5.41) is 4.25. The second kappa shape index (κ2) is 14.5. The summed E-state index contributed by atoms with van der Waals surface area (Å²) in [5.41, 5.74) is 1.31. The lowest BCUT2D eigenvalue weighted by Gasteiger charge is -2.35. The minimum absolute atomic E-state index is 0. The second-order valence-electron chi connectivity index (χ2n) is 7.97. The molecular formula is C23H37ClIN3O2. The number of hydrogen-bond acceptors (Lipinski definition) is 3. The fourth-order valence-electron chi connectivity index (χ4n) is 3.96. The summed E-state index contributed by atoms with van der Waals surface area (Å²) in [4.78, 5) is 7.24. The van der Waals surface area contributed by atoms with Gasteiger partial charge in [0.15, 0.2) is 5.96 Å². The minimum atomic E-state index is 0. The van der Waals surface area contributed by atoms with Crippen LogP contribution in [0.3, 0.4) is 0 Å². The van der Waals surface area contributed by atoms with Gasteiger partial charge in [-0.15, -0.1) is 24.0 Å². The molecule has 2 aliphatic rings. The van der Waals surface area contributed by atoms with Crippen molar-refractivity contribution >= 4 is 41.5 Å². The van der Waals surface area contributed by atoms with E-state index in [0.717, 1.165) is 82.5 Å². The average molecular weight is 550 g/mol. The average Bonchev–Trinajstić information content (AvgIpc) is 2.77. The Bertz CT molecular complexity index is 615. The van der Waals surface area contributed by atoms with Gasteiger partial charge in [-0.1, -0.05) is 23.7 Å². The van der Waals surface area contributed by atoms with Gasteiger partial charge in [-0.25, -0.2) is 0 Å². The number of nitrogens with one attached hydrogen (secondary N) is 1. The minimum Gasteiger partial charge on any atom is -0.376 e. The molecule has 170 valence electrons. The number of aliphatic imine (C=N–C) groups is 1. The smallest absolute Gasteiger partial charge is 0.193 e. The summed E-state index contributed by atoms with van der Waals surface area (Å²) >= 11 is 5.95. The van der Waals surface area contributed by atoms with Crippen LogP contribution < -0.4 is 5.32 Å². The number of piperidine rings is 1. The van der Waals surface area contributed by atoms with E-state index in [1.807, 2.05) is 12.1 Å². The maximum absolute atomic E-state index is 6.15. The van der Waals surface area contributed by atoms with E-state index in [9.17, 15) is 0 Å². The molecule has 7 heteroatoms.